The van der Waals surface area contributed by atoms with Gasteiger partial charge in [-0.05, 0) is 36.0 Å². The largest absolute Gasteiger partial charge is 0.303 e. The topological polar surface area (TPSA) is 17.1 Å². The number of rotatable bonds is 2. The van der Waals surface area contributed by atoms with Crippen LogP contribution in [0.5, 0.6) is 0 Å². The third-order valence-electron chi connectivity index (χ3n) is 3.80. The van der Waals surface area contributed by atoms with Gasteiger partial charge in [-0.25, -0.2) is 0 Å². The minimum absolute atomic E-state index is 0.363. The summed E-state index contributed by atoms with van der Waals surface area (Å²) < 4.78 is 8.31. The minimum Gasteiger partial charge on any atom is -0.303 e. The maximum absolute atomic E-state index is 10.6. The van der Waals surface area contributed by atoms with E-state index >= 15 is 0 Å². The Morgan fingerprint density at radius 1 is 1.31 bits per heavy atom. The average molecular weight is 175 g/mol. The fourth-order valence-corrected chi connectivity index (χ4v) is 3.29. The van der Waals surface area contributed by atoms with Crippen molar-refractivity contribution in [1.82, 2.24) is 0 Å². The molecule has 0 heterocycles. The van der Waals surface area contributed by atoms with Gasteiger partial charge in [0, 0.05) is 7.79 Å². The van der Waals surface area contributed by atoms with Gasteiger partial charge in [-0.3, -0.25) is 0 Å². The number of carbonyl (C=O) groups is 1. The third-order valence-corrected chi connectivity index (χ3v) is 3.80. The molecular weight excluding hydrogens is 160 g/mol. The molecule has 13 heavy (non-hydrogen) atoms. The van der Waals surface area contributed by atoms with E-state index in [2.05, 4.69) is 18.2 Å². The third kappa shape index (κ3) is 0.903. The van der Waals surface area contributed by atoms with Gasteiger partial charge in [0.1, 0.15) is 6.29 Å². The first-order valence-electron chi connectivity index (χ1n) is 5.56. The Labute approximate surface area is 79.9 Å². The van der Waals surface area contributed by atoms with E-state index in [-0.39, 0.29) is 0 Å². The fraction of sp³-hybridized carbons (Fsp3) is 0.583. The van der Waals surface area contributed by atoms with Crippen molar-refractivity contribution in [3.63, 3.8) is 0 Å². The van der Waals surface area contributed by atoms with Crippen LogP contribution in [0, 0.1) is 29.6 Å². The summed E-state index contributed by atoms with van der Waals surface area (Å²) in [6.45, 7) is 0. The van der Waals surface area contributed by atoms with Gasteiger partial charge in [-0.15, -0.1) is 0 Å². The average Bonchev–Trinajstić information content (AvgIpc) is 2.78. The molecule has 1 fully saturated rings. The monoisotopic (exact) mass is 175 g/mol. The predicted octanol–water partition coefficient (Wildman–Crippen LogP) is 2.20. The lowest BCUT2D eigenvalue weighted by Crippen LogP contribution is -2.20. The predicted molar refractivity (Wildman–Crippen MR) is 51.0 cm³/mol. The van der Waals surface area contributed by atoms with E-state index < -0.39 is 5.89 Å². The molecule has 1 nitrogen and oxygen atoms in total. The van der Waals surface area contributed by atoms with Crippen LogP contribution >= 0.6 is 0 Å². The van der Waals surface area contributed by atoms with E-state index in [0.29, 0.717) is 30.1 Å². The first kappa shape index (κ1) is 6.58. The highest BCUT2D eigenvalue weighted by atomic mass is 16.1. The van der Waals surface area contributed by atoms with E-state index in [1.54, 1.807) is 0 Å². The summed E-state index contributed by atoms with van der Waals surface area (Å²) in [5.74, 6) is 1.53. The van der Waals surface area contributed by atoms with Crippen molar-refractivity contribution in [1.29, 1.82) is 0 Å². The van der Waals surface area contributed by atoms with Crippen molar-refractivity contribution in [3.8, 4) is 0 Å². The van der Waals surface area contributed by atoms with Crippen LogP contribution in [0.25, 0.3) is 0 Å². The molecule has 0 aliphatic heterocycles. The summed E-state index contributed by atoms with van der Waals surface area (Å²) >= 11 is 0. The Morgan fingerprint density at radius 2 is 2.15 bits per heavy atom. The van der Waals surface area contributed by atoms with Crippen molar-refractivity contribution in [2.75, 3.05) is 0 Å². The van der Waals surface area contributed by atoms with Crippen molar-refractivity contribution >= 4 is 6.29 Å². The number of hydrogen-bond donors (Lipinski definition) is 0. The Balaban J connectivity index is 1.95. The molecule has 5 atom stereocenters. The lowest BCUT2D eigenvalue weighted by Gasteiger charge is -2.24. The van der Waals surface area contributed by atoms with Crippen LogP contribution in [0.15, 0.2) is 24.3 Å². The smallest absolute Gasteiger partial charge is 0.120 e. The number of carbonyl (C=O) groups excluding carboxylic acids is 1. The molecule has 0 aromatic heterocycles. The van der Waals surface area contributed by atoms with E-state index in [4.69, 9.17) is 1.37 Å². The first-order chi connectivity index (χ1) is 6.74. The zero-order valence-corrected chi connectivity index (χ0v) is 7.52. The first-order valence-corrected chi connectivity index (χ1v) is 5.06. The number of aldehydes is 1. The van der Waals surface area contributed by atoms with Crippen LogP contribution in [0.3, 0.4) is 0 Å². The van der Waals surface area contributed by atoms with Crippen molar-refractivity contribution in [3.05, 3.63) is 24.3 Å². The second-order valence-corrected chi connectivity index (χ2v) is 4.36. The highest BCUT2D eigenvalue weighted by Crippen LogP contribution is 2.55. The number of hydrogen-bond acceptors (Lipinski definition) is 1. The molecule has 0 radical (unpaired) electrons. The van der Waals surface area contributed by atoms with Crippen molar-refractivity contribution in [2.45, 2.75) is 12.8 Å². The van der Waals surface area contributed by atoms with Crippen molar-refractivity contribution in [2.24, 2.45) is 29.6 Å². The van der Waals surface area contributed by atoms with E-state index in [9.17, 15) is 4.79 Å². The summed E-state index contributed by atoms with van der Waals surface area (Å²) in [4.78, 5) is 10.6. The van der Waals surface area contributed by atoms with Crippen LogP contribution in [0.2, 0.25) is 0 Å². The van der Waals surface area contributed by atoms with Gasteiger partial charge in [0.2, 0.25) is 0 Å². The van der Waals surface area contributed by atoms with Gasteiger partial charge in [-0.2, -0.15) is 0 Å². The second kappa shape index (κ2) is 2.57. The lowest BCUT2D eigenvalue weighted by molar-refractivity contribution is -0.108. The normalized spacial score (nSPS) is 56.8. The quantitative estimate of drug-likeness (QED) is 0.464. The lowest BCUT2D eigenvalue weighted by atomic mass is 9.79. The molecule has 0 saturated heterocycles. The molecular formula is C12H14O. The Hall–Kier alpha value is -0.850. The molecule has 0 aromatic carbocycles. The molecule has 0 unspecified atom stereocenters. The highest BCUT2D eigenvalue weighted by molar-refractivity contribution is 5.51. The molecule has 0 spiro atoms. The molecule has 0 aromatic rings. The zero-order chi connectivity index (χ0) is 9.76. The summed E-state index contributed by atoms with van der Waals surface area (Å²) in [6.07, 6.45) is 11.2. The molecule has 3 rings (SSSR count). The van der Waals surface area contributed by atoms with Crippen LogP contribution in [0.4, 0.5) is 0 Å². The molecule has 1 saturated carbocycles. The second-order valence-electron chi connectivity index (χ2n) is 4.36. The fourth-order valence-electron chi connectivity index (χ4n) is 3.29. The summed E-state index contributed by atoms with van der Waals surface area (Å²) in [6, 6.07) is 0. The maximum Gasteiger partial charge on any atom is 0.120 e. The van der Waals surface area contributed by atoms with Gasteiger partial charge >= 0.3 is 0 Å². The molecule has 68 valence electrons. The summed E-state index contributed by atoms with van der Waals surface area (Å²) in [5.41, 5.74) is 0. The summed E-state index contributed by atoms with van der Waals surface area (Å²) in [7, 11) is 0. The van der Waals surface area contributed by atoms with E-state index in [1.807, 2.05) is 6.08 Å². The molecule has 3 aliphatic carbocycles. The van der Waals surface area contributed by atoms with Crippen LogP contribution in [-0.2, 0) is 4.79 Å². The minimum atomic E-state index is -0.601. The maximum atomic E-state index is 10.6. The van der Waals surface area contributed by atoms with Crippen LogP contribution in [-0.4, -0.2) is 6.29 Å². The van der Waals surface area contributed by atoms with E-state index in [0.717, 1.165) is 6.29 Å². The van der Waals surface area contributed by atoms with Gasteiger partial charge in [0.05, 0.1) is 0 Å². The van der Waals surface area contributed by atoms with Crippen LogP contribution < -0.4 is 0 Å². The summed E-state index contributed by atoms with van der Waals surface area (Å²) in [5, 5.41) is 0. The Morgan fingerprint density at radius 3 is 3.00 bits per heavy atom. The van der Waals surface area contributed by atoms with Gasteiger partial charge in [0.25, 0.3) is 0 Å². The molecule has 0 amide bonds. The molecule has 3 aliphatic rings. The van der Waals surface area contributed by atoms with Gasteiger partial charge < -0.3 is 4.79 Å². The van der Waals surface area contributed by atoms with Gasteiger partial charge in [0.15, 0.2) is 0 Å². The van der Waals surface area contributed by atoms with E-state index in [1.165, 1.54) is 6.42 Å². The zero-order valence-electron chi connectivity index (χ0n) is 8.52. The standard InChI is InChI=1S/C12H14O/c13-6-5-8-3-4-11-9-1-2-10(7-9)12(8)11/h1-4,6,8-12H,5,7H2/t8-,9+,10-,11-,12+/m0/s1/i8D. The molecule has 0 N–H and O–H groups in total. The SMILES string of the molecule is [2H][C@@]1(CC=O)C=C[C@@H]2[C@H]1[C@H]1C=C[C@@H]2C1. The Kier molecular flexibility index (Phi) is 1.30. The number of fused-ring (bicyclic) bond motifs is 5. The van der Waals surface area contributed by atoms with Crippen molar-refractivity contribution < 1.29 is 6.17 Å². The molecule has 1 heteroatoms. The number of allylic oxidation sites excluding steroid dienone is 4. The highest BCUT2D eigenvalue weighted by Gasteiger charge is 2.48. The van der Waals surface area contributed by atoms with Crippen LogP contribution in [0.1, 0.15) is 14.2 Å². The molecule has 2 bridgehead atoms. The van der Waals surface area contributed by atoms with Gasteiger partial charge in [-0.1, -0.05) is 24.3 Å². The Bertz CT molecular complexity index is 333.